The first kappa shape index (κ1) is 22.1. The van der Waals surface area contributed by atoms with Crippen LogP contribution in [0.1, 0.15) is 42.0 Å². The monoisotopic (exact) mass is 579 g/mol. The number of anilines is 1. The standard InChI is InChI=1S/C28H23Br2NO3/c1-2-3-16-34-22-15-9-8-14-21(22)31-25(32)23-24(26(31)33)28(30)18-11-5-4-10-17(18)27(23,29)19-12-6-7-13-20(19)28/h4-15,23-24H,2-3,16H2,1H3. The van der Waals surface area contributed by atoms with E-state index < -0.39 is 20.5 Å². The van der Waals surface area contributed by atoms with Gasteiger partial charge in [0, 0.05) is 0 Å². The highest BCUT2D eigenvalue weighted by Gasteiger charge is 2.72. The summed E-state index contributed by atoms with van der Waals surface area (Å²) in [6.07, 6.45) is 1.91. The summed E-state index contributed by atoms with van der Waals surface area (Å²) in [6.45, 7) is 2.64. The fraction of sp³-hybridized carbons (Fsp3) is 0.286. The van der Waals surface area contributed by atoms with Gasteiger partial charge in [0.05, 0.1) is 32.8 Å². The van der Waals surface area contributed by atoms with Gasteiger partial charge in [-0.2, -0.15) is 0 Å². The van der Waals surface area contributed by atoms with Crippen LogP contribution in [-0.2, 0) is 18.2 Å². The van der Waals surface area contributed by atoms with Crippen molar-refractivity contribution in [3.63, 3.8) is 0 Å². The number of alkyl halides is 2. The van der Waals surface area contributed by atoms with Crippen molar-refractivity contribution in [1.29, 1.82) is 0 Å². The van der Waals surface area contributed by atoms with E-state index in [-0.39, 0.29) is 11.8 Å². The number of amides is 2. The zero-order valence-corrected chi connectivity index (χ0v) is 21.8. The first-order valence-corrected chi connectivity index (χ1v) is 13.2. The van der Waals surface area contributed by atoms with E-state index in [9.17, 15) is 9.59 Å². The SMILES string of the molecule is CCCCOc1ccccc1N1C(=O)C2C(C1=O)C1(Br)c3ccccc3C2(Br)c2ccccc21. The van der Waals surface area contributed by atoms with Gasteiger partial charge in [0.2, 0.25) is 11.8 Å². The summed E-state index contributed by atoms with van der Waals surface area (Å²) in [5, 5.41) is 0. The van der Waals surface area contributed by atoms with E-state index in [0.29, 0.717) is 18.0 Å². The molecule has 2 amide bonds. The summed E-state index contributed by atoms with van der Waals surface area (Å²) in [7, 11) is 0. The number of hydrogen-bond acceptors (Lipinski definition) is 3. The van der Waals surface area contributed by atoms with Crippen molar-refractivity contribution in [2.75, 3.05) is 11.5 Å². The third-order valence-electron chi connectivity index (χ3n) is 7.45. The van der Waals surface area contributed by atoms with Crippen LogP contribution in [0, 0.1) is 11.8 Å². The average molecular weight is 581 g/mol. The fourth-order valence-corrected chi connectivity index (χ4v) is 8.30. The Bertz CT molecular complexity index is 1210. The highest BCUT2D eigenvalue weighted by Crippen LogP contribution is 2.71. The average Bonchev–Trinajstić information content (AvgIpc) is 3.14. The second-order valence-corrected chi connectivity index (χ2v) is 11.7. The number of unbranched alkanes of at least 4 members (excludes halogenated alkanes) is 1. The summed E-state index contributed by atoms with van der Waals surface area (Å²) in [5.41, 5.74) is 4.64. The first-order valence-electron chi connectivity index (χ1n) is 11.6. The van der Waals surface area contributed by atoms with Gasteiger partial charge in [-0.15, -0.1) is 0 Å². The number of imide groups is 1. The maximum Gasteiger partial charge on any atom is 0.240 e. The Labute approximate surface area is 215 Å². The molecule has 7 rings (SSSR count). The van der Waals surface area contributed by atoms with Gasteiger partial charge < -0.3 is 4.74 Å². The molecule has 2 bridgehead atoms. The van der Waals surface area contributed by atoms with E-state index in [1.807, 2.05) is 42.5 Å². The van der Waals surface area contributed by atoms with Crippen LogP contribution in [0.4, 0.5) is 5.69 Å². The lowest BCUT2D eigenvalue weighted by Gasteiger charge is -2.55. The molecule has 4 aliphatic rings. The number of carbonyl (C=O) groups is 2. The molecule has 0 N–H and O–H groups in total. The number of nitrogens with zero attached hydrogens (tertiary/aromatic N) is 1. The second-order valence-electron chi connectivity index (χ2n) is 9.15. The number of halogens is 2. The predicted octanol–water partition coefficient (Wildman–Crippen LogP) is 6.28. The van der Waals surface area contributed by atoms with E-state index in [0.717, 1.165) is 35.1 Å². The Balaban J connectivity index is 1.55. The number of hydrogen-bond donors (Lipinski definition) is 0. The number of rotatable bonds is 5. The zero-order valence-electron chi connectivity index (χ0n) is 18.6. The molecule has 6 heteroatoms. The van der Waals surface area contributed by atoms with Crippen molar-refractivity contribution in [2.45, 2.75) is 28.4 Å². The van der Waals surface area contributed by atoms with Crippen LogP contribution in [0.3, 0.4) is 0 Å². The lowest BCUT2D eigenvalue weighted by Crippen LogP contribution is -2.56. The molecule has 172 valence electrons. The highest BCUT2D eigenvalue weighted by atomic mass is 79.9. The molecular weight excluding hydrogens is 558 g/mol. The van der Waals surface area contributed by atoms with Crippen molar-refractivity contribution < 1.29 is 14.3 Å². The summed E-state index contributed by atoms with van der Waals surface area (Å²) in [6, 6.07) is 23.6. The Morgan fingerprint density at radius 3 is 1.68 bits per heavy atom. The van der Waals surface area contributed by atoms with Crippen molar-refractivity contribution in [2.24, 2.45) is 11.8 Å². The van der Waals surface area contributed by atoms with Gasteiger partial charge in [-0.1, -0.05) is 106 Å². The van der Waals surface area contributed by atoms with Crippen LogP contribution >= 0.6 is 31.9 Å². The van der Waals surface area contributed by atoms with Crippen molar-refractivity contribution in [1.82, 2.24) is 0 Å². The first-order chi connectivity index (χ1) is 16.5. The largest absolute Gasteiger partial charge is 0.491 e. The molecule has 1 saturated heterocycles. The van der Waals surface area contributed by atoms with Gasteiger partial charge >= 0.3 is 0 Å². The summed E-state index contributed by atoms with van der Waals surface area (Å²) >= 11 is 8.09. The maximum atomic E-state index is 14.2. The van der Waals surface area contributed by atoms with Crippen molar-refractivity contribution in [3.8, 4) is 5.75 Å². The van der Waals surface area contributed by atoms with Crippen molar-refractivity contribution >= 4 is 49.4 Å². The van der Waals surface area contributed by atoms with Crippen LogP contribution in [0.5, 0.6) is 5.75 Å². The molecule has 4 nitrogen and oxygen atoms in total. The lowest BCUT2D eigenvalue weighted by molar-refractivity contribution is -0.122. The summed E-state index contributed by atoms with van der Waals surface area (Å²) < 4.78 is 4.43. The summed E-state index contributed by atoms with van der Waals surface area (Å²) in [5.74, 6) is -1.02. The van der Waals surface area contributed by atoms with Gasteiger partial charge in [-0.3, -0.25) is 9.59 Å². The molecule has 1 heterocycles. The van der Waals surface area contributed by atoms with Gasteiger partial charge in [-0.25, -0.2) is 4.90 Å². The number of ether oxygens (including phenoxy) is 1. The smallest absolute Gasteiger partial charge is 0.240 e. The van der Waals surface area contributed by atoms with Crippen molar-refractivity contribution in [3.05, 3.63) is 95.1 Å². The molecule has 0 spiro atoms. The molecule has 0 radical (unpaired) electrons. The highest BCUT2D eigenvalue weighted by molar-refractivity contribution is 9.10. The molecule has 3 aromatic rings. The molecule has 0 aromatic heterocycles. The minimum atomic E-state index is -0.792. The van der Waals surface area contributed by atoms with Gasteiger partial charge in [0.25, 0.3) is 0 Å². The Morgan fingerprint density at radius 1 is 0.765 bits per heavy atom. The van der Waals surface area contributed by atoms with Crippen LogP contribution in [0.25, 0.3) is 0 Å². The molecule has 3 aromatic carbocycles. The van der Waals surface area contributed by atoms with E-state index in [2.05, 4.69) is 63.0 Å². The normalized spacial score (nSPS) is 28.5. The van der Waals surface area contributed by atoms with Crippen LogP contribution in [0.2, 0.25) is 0 Å². The van der Waals surface area contributed by atoms with Gasteiger partial charge in [-0.05, 0) is 40.8 Å². The third kappa shape index (κ3) is 2.64. The molecule has 1 fully saturated rings. The summed E-state index contributed by atoms with van der Waals surface area (Å²) in [4.78, 5) is 29.7. The van der Waals surface area contributed by atoms with E-state index in [4.69, 9.17) is 4.74 Å². The van der Waals surface area contributed by atoms with E-state index >= 15 is 0 Å². The minimum absolute atomic E-state index is 0.203. The topological polar surface area (TPSA) is 46.6 Å². The molecule has 1 aliphatic heterocycles. The van der Waals surface area contributed by atoms with Crippen LogP contribution < -0.4 is 9.64 Å². The third-order valence-corrected chi connectivity index (χ3v) is 10.1. The van der Waals surface area contributed by atoms with E-state index in [1.165, 1.54) is 4.90 Å². The Morgan fingerprint density at radius 2 is 1.21 bits per heavy atom. The molecule has 0 saturated carbocycles. The van der Waals surface area contributed by atoms with Crippen LogP contribution in [-0.4, -0.2) is 18.4 Å². The maximum absolute atomic E-state index is 14.2. The zero-order chi connectivity index (χ0) is 23.7. The number of benzene rings is 3. The predicted molar refractivity (Wildman–Crippen MR) is 139 cm³/mol. The molecule has 34 heavy (non-hydrogen) atoms. The fourth-order valence-electron chi connectivity index (χ4n) is 5.99. The number of carbonyl (C=O) groups excluding carboxylic acids is 2. The second kappa shape index (κ2) is 7.79. The molecule has 2 unspecified atom stereocenters. The molecule has 2 atom stereocenters. The lowest BCUT2D eigenvalue weighted by atomic mass is 9.54. The quantitative estimate of drug-likeness (QED) is 0.203. The molecule has 3 aliphatic carbocycles. The number of para-hydroxylation sites is 2. The van der Waals surface area contributed by atoms with Gasteiger partial charge in [0.1, 0.15) is 5.75 Å². The van der Waals surface area contributed by atoms with E-state index in [1.54, 1.807) is 6.07 Å². The minimum Gasteiger partial charge on any atom is -0.491 e. The van der Waals surface area contributed by atoms with Gasteiger partial charge in [0.15, 0.2) is 0 Å². The Hall–Kier alpha value is -2.44. The Kier molecular flexibility index (Phi) is 5.05. The molecular formula is C28H23Br2NO3. The van der Waals surface area contributed by atoms with Crippen LogP contribution in [0.15, 0.2) is 72.8 Å².